The molecule has 0 N–H and O–H groups in total. The Labute approximate surface area is 106 Å². The highest BCUT2D eigenvalue weighted by atomic mass is 32.1. The first-order valence-corrected chi connectivity index (χ1v) is 6.80. The monoisotopic (exact) mass is 239 g/mol. The zero-order valence-electron chi connectivity index (χ0n) is 9.52. The van der Waals surface area contributed by atoms with Crippen LogP contribution >= 0.6 is 11.3 Å². The molecule has 0 amide bonds. The van der Waals surface area contributed by atoms with Crippen LogP contribution in [-0.4, -0.2) is 4.98 Å². The summed E-state index contributed by atoms with van der Waals surface area (Å²) in [6, 6.07) is 8.44. The average molecular weight is 239 g/mol. The Morgan fingerprint density at radius 2 is 2.00 bits per heavy atom. The van der Waals surface area contributed by atoms with Crippen LogP contribution < -0.4 is 0 Å². The highest BCUT2D eigenvalue weighted by molar-refractivity contribution is 7.13. The summed E-state index contributed by atoms with van der Waals surface area (Å²) in [4.78, 5) is 5.30. The molecule has 0 saturated heterocycles. The summed E-state index contributed by atoms with van der Waals surface area (Å²) >= 11 is 1.67. The molecule has 0 radical (unpaired) electrons. The summed E-state index contributed by atoms with van der Waals surface area (Å²) in [6.07, 6.45) is 5.82. The Hall–Kier alpha value is -1.59. The fourth-order valence-electron chi connectivity index (χ4n) is 1.81. The largest absolute Gasteiger partial charge is 0.252 e. The van der Waals surface area contributed by atoms with Gasteiger partial charge in [0.25, 0.3) is 0 Å². The maximum Gasteiger partial charge on any atom is 0.0797 e. The topological polar surface area (TPSA) is 12.9 Å². The molecule has 2 aromatic rings. The van der Waals surface area contributed by atoms with Crippen molar-refractivity contribution in [2.24, 2.45) is 5.92 Å². The van der Waals surface area contributed by atoms with Crippen molar-refractivity contribution in [1.29, 1.82) is 0 Å². The summed E-state index contributed by atoms with van der Waals surface area (Å²) < 4.78 is 0. The molecule has 0 spiro atoms. The molecule has 1 aromatic heterocycles. The van der Waals surface area contributed by atoms with Crippen molar-refractivity contribution in [3.63, 3.8) is 0 Å². The number of rotatable bonds is 1. The number of thiazole rings is 1. The van der Waals surface area contributed by atoms with Crippen molar-refractivity contribution in [1.82, 2.24) is 4.98 Å². The van der Waals surface area contributed by atoms with Crippen LogP contribution in [0.2, 0.25) is 0 Å². The number of benzene rings is 1. The van der Waals surface area contributed by atoms with Crippen molar-refractivity contribution < 1.29 is 0 Å². The minimum atomic E-state index is 0.649. The van der Waals surface area contributed by atoms with Crippen LogP contribution in [0, 0.1) is 17.8 Å². The van der Waals surface area contributed by atoms with E-state index in [2.05, 4.69) is 41.1 Å². The third-order valence-electron chi connectivity index (χ3n) is 3.13. The molecule has 0 aliphatic heterocycles. The van der Waals surface area contributed by atoms with Gasteiger partial charge in [-0.25, -0.2) is 0 Å². The normalized spacial score (nSPS) is 14.8. The Balaban J connectivity index is 1.77. The van der Waals surface area contributed by atoms with Crippen molar-refractivity contribution in [3.8, 4) is 22.3 Å². The minimum Gasteiger partial charge on any atom is -0.252 e. The number of hydrogen-bond acceptors (Lipinski definition) is 2. The van der Waals surface area contributed by atoms with Gasteiger partial charge in [0, 0.05) is 17.7 Å². The lowest BCUT2D eigenvalue weighted by Crippen LogP contribution is -2.07. The second-order valence-corrected chi connectivity index (χ2v) is 5.23. The van der Waals surface area contributed by atoms with E-state index in [9.17, 15) is 0 Å². The van der Waals surface area contributed by atoms with Crippen molar-refractivity contribution in [3.05, 3.63) is 41.5 Å². The van der Waals surface area contributed by atoms with Gasteiger partial charge in [-0.15, -0.1) is 11.3 Å². The lowest BCUT2D eigenvalue weighted by atomic mass is 9.86. The van der Waals surface area contributed by atoms with Gasteiger partial charge in [0.1, 0.15) is 0 Å². The maximum atomic E-state index is 4.09. The molecule has 1 aliphatic carbocycles. The smallest absolute Gasteiger partial charge is 0.0797 e. The van der Waals surface area contributed by atoms with Crippen LogP contribution in [0.4, 0.5) is 0 Å². The average Bonchev–Trinajstić information content (AvgIpc) is 2.81. The van der Waals surface area contributed by atoms with Crippen LogP contribution in [0.3, 0.4) is 0 Å². The van der Waals surface area contributed by atoms with Gasteiger partial charge in [0.2, 0.25) is 0 Å². The SMILES string of the molecule is C(#CC1CCC1)c1ccc(-c2cncs2)cc1. The molecule has 1 aromatic carbocycles. The van der Waals surface area contributed by atoms with Crippen LogP contribution in [0.1, 0.15) is 24.8 Å². The molecule has 1 saturated carbocycles. The first-order valence-electron chi connectivity index (χ1n) is 5.92. The first kappa shape index (κ1) is 10.6. The van der Waals surface area contributed by atoms with Gasteiger partial charge in [-0.1, -0.05) is 30.4 Å². The highest BCUT2D eigenvalue weighted by Crippen LogP contribution is 2.25. The van der Waals surface area contributed by atoms with Gasteiger partial charge in [-0.2, -0.15) is 0 Å². The molecular weight excluding hydrogens is 226 g/mol. The van der Waals surface area contributed by atoms with Gasteiger partial charge in [-0.3, -0.25) is 4.98 Å². The van der Waals surface area contributed by atoms with E-state index < -0.39 is 0 Å². The predicted molar refractivity (Wildman–Crippen MR) is 71.8 cm³/mol. The van der Waals surface area contributed by atoms with Crippen LogP contribution in [0.15, 0.2) is 36.0 Å². The lowest BCUT2D eigenvalue weighted by molar-refractivity contribution is 0.401. The van der Waals surface area contributed by atoms with Gasteiger partial charge < -0.3 is 0 Å². The number of nitrogens with zero attached hydrogens (tertiary/aromatic N) is 1. The highest BCUT2D eigenvalue weighted by Gasteiger charge is 2.13. The van der Waals surface area contributed by atoms with Crippen LogP contribution in [0.5, 0.6) is 0 Å². The molecule has 1 fully saturated rings. The third kappa shape index (κ3) is 2.40. The Morgan fingerprint density at radius 1 is 1.18 bits per heavy atom. The Morgan fingerprint density at radius 3 is 2.59 bits per heavy atom. The molecule has 0 bridgehead atoms. The lowest BCUT2D eigenvalue weighted by Gasteiger charge is -2.18. The van der Waals surface area contributed by atoms with Gasteiger partial charge in [-0.05, 0) is 30.5 Å². The molecule has 2 heteroatoms. The number of hydrogen-bond donors (Lipinski definition) is 0. The first-order chi connectivity index (χ1) is 8.42. The zero-order valence-corrected chi connectivity index (χ0v) is 10.3. The van der Waals surface area contributed by atoms with E-state index in [-0.39, 0.29) is 0 Å². The zero-order chi connectivity index (χ0) is 11.5. The molecule has 0 unspecified atom stereocenters. The van der Waals surface area contributed by atoms with Crippen molar-refractivity contribution in [2.45, 2.75) is 19.3 Å². The van der Waals surface area contributed by atoms with Gasteiger partial charge in [0.15, 0.2) is 0 Å². The van der Waals surface area contributed by atoms with Crippen molar-refractivity contribution in [2.75, 3.05) is 0 Å². The molecule has 3 rings (SSSR count). The van der Waals surface area contributed by atoms with Crippen LogP contribution in [-0.2, 0) is 0 Å². The number of aromatic nitrogens is 1. The minimum absolute atomic E-state index is 0.649. The van der Waals surface area contributed by atoms with E-state index >= 15 is 0 Å². The fraction of sp³-hybridized carbons (Fsp3) is 0.267. The molecule has 1 nitrogen and oxygen atoms in total. The van der Waals surface area contributed by atoms with E-state index in [0.717, 1.165) is 5.56 Å². The quantitative estimate of drug-likeness (QED) is 0.686. The predicted octanol–water partition coefficient (Wildman–Crippen LogP) is 3.96. The van der Waals surface area contributed by atoms with Gasteiger partial charge >= 0.3 is 0 Å². The van der Waals surface area contributed by atoms with E-state index in [1.165, 1.54) is 29.7 Å². The molecule has 17 heavy (non-hydrogen) atoms. The van der Waals surface area contributed by atoms with Gasteiger partial charge in [0.05, 0.1) is 10.4 Å². The molecule has 0 atom stereocenters. The molecule has 1 heterocycles. The maximum absolute atomic E-state index is 4.09. The molecule has 84 valence electrons. The van der Waals surface area contributed by atoms with E-state index in [1.54, 1.807) is 11.3 Å². The van der Waals surface area contributed by atoms with E-state index in [1.807, 2.05) is 11.7 Å². The van der Waals surface area contributed by atoms with Crippen LogP contribution in [0.25, 0.3) is 10.4 Å². The summed E-state index contributed by atoms with van der Waals surface area (Å²) in [5.41, 5.74) is 4.20. The van der Waals surface area contributed by atoms with Crippen molar-refractivity contribution >= 4 is 11.3 Å². The summed E-state index contributed by atoms with van der Waals surface area (Å²) in [6.45, 7) is 0. The fourth-order valence-corrected chi connectivity index (χ4v) is 2.44. The summed E-state index contributed by atoms with van der Waals surface area (Å²) in [5, 5.41) is 0. The standard InChI is InChI=1S/C15H13NS/c1-2-12(3-1)4-5-13-6-8-14(9-7-13)15-10-16-11-17-15/h6-12H,1-3H2. The summed E-state index contributed by atoms with van der Waals surface area (Å²) in [5.74, 6) is 7.24. The summed E-state index contributed by atoms with van der Waals surface area (Å²) in [7, 11) is 0. The van der Waals surface area contributed by atoms with E-state index in [4.69, 9.17) is 0 Å². The molecular formula is C15H13NS. The Bertz CT molecular complexity index is 539. The molecule has 1 aliphatic rings. The Kier molecular flexibility index (Phi) is 2.94. The second-order valence-electron chi connectivity index (χ2n) is 4.34. The third-order valence-corrected chi connectivity index (χ3v) is 3.95. The van der Waals surface area contributed by atoms with E-state index in [0.29, 0.717) is 5.92 Å². The second kappa shape index (κ2) is 4.73.